The first-order valence-corrected chi connectivity index (χ1v) is 8.28. The van der Waals surface area contributed by atoms with Crippen molar-refractivity contribution in [2.45, 2.75) is 90.1 Å². The monoisotopic (exact) mass is 280 g/mol. The number of ether oxygens (including phenoxy) is 1. The Morgan fingerprint density at radius 2 is 1.55 bits per heavy atom. The van der Waals surface area contributed by atoms with Crippen molar-refractivity contribution in [3.63, 3.8) is 0 Å². The summed E-state index contributed by atoms with van der Waals surface area (Å²) in [6.45, 7) is 6.33. The van der Waals surface area contributed by atoms with Crippen LogP contribution in [0.25, 0.3) is 0 Å². The highest BCUT2D eigenvalue weighted by atomic mass is 16.5. The Kier molecular flexibility index (Phi) is 15.2. The summed E-state index contributed by atoms with van der Waals surface area (Å²) in [6, 6.07) is 0. The van der Waals surface area contributed by atoms with Crippen LogP contribution in [0, 0.1) is 0 Å². The Labute approximate surface area is 125 Å². The van der Waals surface area contributed by atoms with Crippen LogP contribution in [0.4, 0.5) is 0 Å². The van der Waals surface area contributed by atoms with Crippen molar-refractivity contribution in [2.75, 3.05) is 0 Å². The third-order valence-corrected chi connectivity index (χ3v) is 3.65. The molecule has 0 heterocycles. The summed E-state index contributed by atoms with van der Waals surface area (Å²) < 4.78 is 5.05. The van der Waals surface area contributed by atoms with Crippen LogP contribution in [0.15, 0.2) is 18.4 Å². The van der Waals surface area contributed by atoms with Gasteiger partial charge in [0, 0.05) is 6.42 Å². The Hall–Kier alpha value is -1.01. The average molecular weight is 280 g/mol. The minimum Gasteiger partial charge on any atom is -0.464 e. The van der Waals surface area contributed by atoms with E-state index in [1.54, 1.807) is 0 Å². The lowest BCUT2D eigenvalue weighted by Crippen LogP contribution is -2.10. The van der Waals surface area contributed by atoms with Gasteiger partial charge in [-0.25, -0.2) is 0 Å². The lowest BCUT2D eigenvalue weighted by atomic mass is 10.0. The van der Waals surface area contributed by atoms with Crippen LogP contribution in [-0.4, -0.2) is 12.6 Å². The van der Waals surface area contributed by atoms with Crippen LogP contribution in [0.2, 0.25) is 0 Å². The molecule has 0 radical (unpaired) electrons. The zero-order chi connectivity index (χ0) is 14.9. The molecule has 0 rings (SSSR count). The first-order chi connectivity index (χ1) is 9.85. The predicted molar refractivity (Wildman–Crippen MR) is 85.7 cm³/mol. The Balaban J connectivity index is 3.35. The predicted octanol–water partition coefficient (Wildman–Crippen LogP) is 5.57. The highest BCUT2D eigenvalue weighted by Crippen LogP contribution is 2.14. The molecule has 0 fully saturated rings. The van der Waals surface area contributed by atoms with Crippen molar-refractivity contribution in [1.82, 2.24) is 0 Å². The molecule has 0 aromatic carbocycles. The maximum absolute atomic E-state index is 10.4. The van der Waals surface area contributed by atoms with Crippen LogP contribution in [-0.2, 0) is 9.53 Å². The van der Waals surface area contributed by atoms with Crippen molar-refractivity contribution < 1.29 is 9.53 Å². The van der Waals surface area contributed by atoms with Gasteiger partial charge < -0.3 is 4.74 Å². The summed E-state index contributed by atoms with van der Waals surface area (Å²) in [5.74, 6) is 0. The minimum absolute atomic E-state index is 0.00999. The highest BCUT2D eigenvalue weighted by molar-refractivity contribution is 5.37. The first kappa shape index (κ1) is 19.0. The standard InChI is InChI=1S/C18H32O2/c1-3-5-7-8-9-10-11-12-13-14-16-18(20-17-19)15-6-4-2/h6,17-18H,2-3,5,7-16H2,1H3. The zero-order valence-corrected chi connectivity index (χ0v) is 13.2. The quantitative estimate of drug-likeness (QED) is 0.223. The van der Waals surface area contributed by atoms with Gasteiger partial charge >= 0.3 is 0 Å². The molecule has 0 aliphatic carbocycles. The molecular formula is C18H32O2. The van der Waals surface area contributed by atoms with Gasteiger partial charge in [0.15, 0.2) is 0 Å². The largest absolute Gasteiger partial charge is 0.464 e. The molecule has 0 amide bonds. The van der Waals surface area contributed by atoms with Crippen LogP contribution >= 0.6 is 0 Å². The van der Waals surface area contributed by atoms with Gasteiger partial charge in [-0.15, -0.1) is 5.73 Å². The number of hydrogen-bond donors (Lipinski definition) is 0. The molecular weight excluding hydrogens is 248 g/mol. The normalized spacial score (nSPS) is 11.7. The van der Waals surface area contributed by atoms with Gasteiger partial charge in [-0.05, 0) is 18.9 Å². The van der Waals surface area contributed by atoms with E-state index in [1.807, 2.05) is 6.08 Å². The number of hydrogen-bond acceptors (Lipinski definition) is 2. The fraction of sp³-hybridized carbons (Fsp3) is 0.778. The molecule has 0 aromatic heterocycles. The van der Waals surface area contributed by atoms with Crippen molar-refractivity contribution in [3.8, 4) is 0 Å². The molecule has 0 saturated heterocycles. The molecule has 2 nitrogen and oxygen atoms in total. The second-order valence-electron chi connectivity index (χ2n) is 5.47. The lowest BCUT2D eigenvalue weighted by molar-refractivity contribution is -0.133. The maximum Gasteiger partial charge on any atom is 0.293 e. The average Bonchev–Trinajstić information content (AvgIpc) is 2.46. The van der Waals surface area contributed by atoms with Crippen molar-refractivity contribution >= 4 is 6.47 Å². The number of rotatable bonds is 15. The van der Waals surface area contributed by atoms with Gasteiger partial charge in [-0.1, -0.05) is 71.3 Å². The summed E-state index contributed by atoms with van der Waals surface area (Å²) >= 11 is 0. The van der Waals surface area contributed by atoms with Crippen LogP contribution in [0.1, 0.15) is 84.0 Å². The number of carbonyl (C=O) groups excluding carboxylic acids is 1. The summed E-state index contributed by atoms with van der Waals surface area (Å²) in [5.41, 5.74) is 2.72. The Morgan fingerprint density at radius 3 is 2.05 bits per heavy atom. The summed E-state index contributed by atoms with van der Waals surface area (Å²) in [5, 5.41) is 0. The van der Waals surface area contributed by atoms with E-state index in [-0.39, 0.29) is 6.10 Å². The van der Waals surface area contributed by atoms with Gasteiger partial charge in [0.05, 0.1) is 0 Å². The molecule has 1 unspecified atom stereocenters. The maximum atomic E-state index is 10.4. The molecule has 0 aromatic rings. The van der Waals surface area contributed by atoms with Gasteiger partial charge in [-0.2, -0.15) is 0 Å². The fourth-order valence-electron chi connectivity index (χ4n) is 2.39. The highest BCUT2D eigenvalue weighted by Gasteiger charge is 2.06. The molecule has 116 valence electrons. The molecule has 1 atom stereocenters. The van der Waals surface area contributed by atoms with Crippen molar-refractivity contribution in [2.24, 2.45) is 0 Å². The van der Waals surface area contributed by atoms with Gasteiger partial charge in [-0.3, -0.25) is 4.79 Å². The van der Waals surface area contributed by atoms with Crippen LogP contribution < -0.4 is 0 Å². The molecule has 0 aliphatic rings. The minimum atomic E-state index is 0.00999. The van der Waals surface area contributed by atoms with E-state index in [4.69, 9.17) is 4.74 Å². The molecule has 0 saturated carbocycles. The second kappa shape index (κ2) is 16.0. The van der Waals surface area contributed by atoms with E-state index in [9.17, 15) is 4.79 Å². The summed E-state index contributed by atoms with van der Waals surface area (Å²) in [6.07, 6.45) is 16.8. The first-order valence-electron chi connectivity index (χ1n) is 8.28. The Morgan fingerprint density at radius 1 is 1.00 bits per heavy atom. The van der Waals surface area contributed by atoms with E-state index < -0.39 is 0 Å². The smallest absolute Gasteiger partial charge is 0.293 e. The Bertz CT molecular complexity index is 254. The molecule has 20 heavy (non-hydrogen) atoms. The second-order valence-corrected chi connectivity index (χ2v) is 5.47. The van der Waals surface area contributed by atoms with Crippen LogP contribution in [0.3, 0.4) is 0 Å². The van der Waals surface area contributed by atoms with Gasteiger partial charge in [0.1, 0.15) is 6.10 Å². The lowest BCUT2D eigenvalue weighted by Gasteiger charge is -2.12. The van der Waals surface area contributed by atoms with Gasteiger partial charge in [0.2, 0.25) is 0 Å². The van der Waals surface area contributed by atoms with Crippen molar-refractivity contribution in [3.05, 3.63) is 18.4 Å². The molecule has 2 heteroatoms. The number of carbonyl (C=O) groups is 1. The van der Waals surface area contributed by atoms with E-state index in [0.717, 1.165) is 19.3 Å². The summed E-state index contributed by atoms with van der Waals surface area (Å²) in [7, 11) is 0. The van der Waals surface area contributed by atoms with E-state index in [0.29, 0.717) is 6.47 Å². The topological polar surface area (TPSA) is 26.3 Å². The third-order valence-electron chi connectivity index (χ3n) is 3.65. The SMILES string of the molecule is C=C=CCC(CCCCCCCCCCCC)OC=O. The number of unbranched alkanes of at least 4 members (excludes halogenated alkanes) is 9. The molecule has 0 spiro atoms. The zero-order valence-electron chi connectivity index (χ0n) is 13.2. The molecule has 0 N–H and O–H groups in total. The third kappa shape index (κ3) is 13.4. The van der Waals surface area contributed by atoms with E-state index in [1.165, 1.54) is 57.8 Å². The summed E-state index contributed by atoms with van der Waals surface area (Å²) in [4.78, 5) is 10.4. The van der Waals surface area contributed by atoms with E-state index >= 15 is 0 Å². The van der Waals surface area contributed by atoms with Crippen molar-refractivity contribution in [1.29, 1.82) is 0 Å². The molecule has 0 aliphatic heterocycles. The fourth-order valence-corrected chi connectivity index (χ4v) is 2.39. The van der Waals surface area contributed by atoms with Crippen LogP contribution in [0.5, 0.6) is 0 Å². The van der Waals surface area contributed by atoms with E-state index in [2.05, 4.69) is 19.2 Å². The molecule has 0 bridgehead atoms. The van der Waals surface area contributed by atoms with Gasteiger partial charge in [0.25, 0.3) is 6.47 Å².